The van der Waals surface area contributed by atoms with Crippen LogP contribution in [0.3, 0.4) is 0 Å². The fourth-order valence-corrected chi connectivity index (χ4v) is 12.0. The number of esters is 2. The van der Waals surface area contributed by atoms with Crippen LogP contribution in [0.1, 0.15) is 74.7 Å². The summed E-state index contributed by atoms with van der Waals surface area (Å²) >= 11 is 0. The summed E-state index contributed by atoms with van der Waals surface area (Å²) in [7, 11) is 0. The molecule has 2 heterocycles. The van der Waals surface area contributed by atoms with E-state index in [1.165, 1.54) is 13.8 Å². The maximum atomic E-state index is 14.3. The molecule has 0 bridgehead atoms. The van der Waals surface area contributed by atoms with Gasteiger partial charge in [-0.3, -0.25) is 9.59 Å². The molecule has 4 saturated carbocycles. The van der Waals surface area contributed by atoms with Gasteiger partial charge in [-0.05, 0) is 56.4 Å². The number of aliphatic hydroxyl groups is 4. The first kappa shape index (κ1) is 32.6. The van der Waals surface area contributed by atoms with Gasteiger partial charge in [-0.2, -0.15) is 0 Å². The Labute approximate surface area is 270 Å². The number of fused-ring (bicyclic) bond motifs is 10. The monoisotopic (exact) mass is 646 g/mol. The first-order chi connectivity index (χ1) is 21.3. The normalized spacial score (nSPS) is 55.6. The van der Waals surface area contributed by atoms with Gasteiger partial charge in [0.15, 0.2) is 17.7 Å². The zero-order valence-electron chi connectivity index (χ0n) is 28.0. The summed E-state index contributed by atoms with van der Waals surface area (Å²) in [6.07, 6.45) is -2.67. The van der Waals surface area contributed by atoms with Gasteiger partial charge in [-0.25, -0.2) is 4.79 Å². The lowest BCUT2D eigenvalue weighted by molar-refractivity contribution is -0.255. The van der Waals surface area contributed by atoms with Crippen molar-refractivity contribution in [1.82, 2.24) is 0 Å². The molecule has 0 amide bonds. The smallest absolute Gasteiger partial charge is 0.343 e. The van der Waals surface area contributed by atoms with Crippen molar-refractivity contribution in [3.05, 3.63) is 11.8 Å². The largest absolute Gasteiger partial charge is 0.462 e. The Hall–Kier alpha value is -1.89. The molecule has 0 spiro atoms. The van der Waals surface area contributed by atoms with E-state index < -0.39 is 100.0 Å². The molecular formula is C35H50O11. The molecule has 2 aliphatic heterocycles. The van der Waals surface area contributed by atoms with E-state index in [1.807, 2.05) is 40.7 Å². The quantitative estimate of drug-likeness (QED) is 0.196. The summed E-state index contributed by atoms with van der Waals surface area (Å²) in [6.45, 7) is 14.4. The molecule has 5 aliphatic carbocycles. The molecule has 4 N–H and O–H groups in total. The highest BCUT2D eigenvalue weighted by atomic mass is 16.7. The zero-order chi connectivity index (χ0) is 33.6. The van der Waals surface area contributed by atoms with E-state index in [0.717, 1.165) is 0 Å². The number of ketones is 1. The van der Waals surface area contributed by atoms with Gasteiger partial charge in [0.05, 0.1) is 23.7 Å². The lowest BCUT2D eigenvalue weighted by Gasteiger charge is -2.63. The lowest BCUT2D eigenvalue weighted by atomic mass is 9.42. The van der Waals surface area contributed by atoms with Crippen molar-refractivity contribution < 1.29 is 53.8 Å². The fraction of sp³-hybridized carbons (Fsp3) is 0.857. The number of epoxide rings is 1. The number of carbonyl (C=O) groups is 3. The van der Waals surface area contributed by atoms with Crippen molar-refractivity contribution in [3.63, 3.8) is 0 Å². The van der Waals surface area contributed by atoms with E-state index in [1.54, 1.807) is 6.92 Å². The van der Waals surface area contributed by atoms with Crippen LogP contribution in [0, 0.1) is 63.6 Å². The van der Waals surface area contributed by atoms with Crippen LogP contribution in [-0.2, 0) is 33.3 Å². The number of carbonyl (C=O) groups excluding carboxylic acids is 3. The van der Waals surface area contributed by atoms with Gasteiger partial charge in [0.25, 0.3) is 0 Å². The maximum absolute atomic E-state index is 14.3. The second-order valence-electron chi connectivity index (χ2n) is 16.8. The summed E-state index contributed by atoms with van der Waals surface area (Å²) in [4.78, 5) is 40.1. The minimum absolute atomic E-state index is 0.159. The SMILES string of the molecule is CC(=O)O[C@H]1C[C@H]2[C@H]([C@@H]3[C@@H](O)C4[C@H]([C@H](C)C=C5OC(=O)[C@@](C)(O)[C@@]54C)[C@]31C)[C@@H](O)C(=O)C1C[C@@H]3O[C@@H]3[C@H](OC(O)CC(C)C)[C@@]12C. The molecule has 0 radical (unpaired) electrons. The Morgan fingerprint density at radius 2 is 1.74 bits per heavy atom. The van der Waals surface area contributed by atoms with Gasteiger partial charge in [0, 0.05) is 47.8 Å². The van der Waals surface area contributed by atoms with Crippen molar-refractivity contribution in [2.75, 3.05) is 0 Å². The molecule has 256 valence electrons. The standard InChI is InChI=1S/C35H50O11/c1-13(2)9-21(37)46-30-29-18(44-29)11-17-26(38)27(39)22-16(32(17,30)5)12-19(43-15(4)36)33(6)23-14(3)10-20-34(7,25(23)28(40)24(22)33)35(8,42)31(41)45-20/h10,13-14,16-19,21-25,27-30,37,39-40,42H,9,11-12H2,1-8H3/t14-,16+,17?,18+,19+,21?,22-,23+,24-,25?,27-,28-,29+,30+,32-,33-,34+,35-/m1/s1. The number of hydrogen-bond acceptors (Lipinski definition) is 11. The zero-order valence-corrected chi connectivity index (χ0v) is 28.0. The summed E-state index contributed by atoms with van der Waals surface area (Å²) < 4.78 is 24.3. The summed E-state index contributed by atoms with van der Waals surface area (Å²) in [5, 5.41) is 47.3. The van der Waals surface area contributed by atoms with Gasteiger partial charge in [-0.15, -0.1) is 0 Å². The molecule has 7 aliphatic rings. The molecule has 11 heteroatoms. The number of ether oxygens (including phenoxy) is 4. The van der Waals surface area contributed by atoms with E-state index in [4.69, 9.17) is 18.9 Å². The van der Waals surface area contributed by atoms with Crippen LogP contribution in [0.25, 0.3) is 0 Å². The number of hydrogen-bond donors (Lipinski definition) is 4. The van der Waals surface area contributed by atoms with E-state index in [-0.39, 0.29) is 29.8 Å². The number of rotatable bonds is 5. The highest BCUT2D eigenvalue weighted by molar-refractivity contribution is 5.88. The van der Waals surface area contributed by atoms with Gasteiger partial charge in [0.2, 0.25) is 0 Å². The summed E-state index contributed by atoms with van der Waals surface area (Å²) in [5.74, 6) is -5.10. The summed E-state index contributed by atoms with van der Waals surface area (Å²) in [5.41, 5.74) is -5.12. The second kappa shape index (κ2) is 10.1. The van der Waals surface area contributed by atoms with Crippen LogP contribution in [0.15, 0.2) is 11.8 Å². The van der Waals surface area contributed by atoms with Crippen LogP contribution in [-0.4, -0.2) is 86.7 Å². The van der Waals surface area contributed by atoms with Gasteiger partial charge < -0.3 is 39.4 Å². The van der Waals surface area contributed by atoms with E-state index in [0.29, 0.717) is 25.0 Å². The van der Waals surface area contributed by atoms with Crippen LogP contribution in [0.4, 0.5) is 0 Å². The van der Waals surface area contributed by atoms with Crippen molar-refractivity contribution in [1.29, 1.82) is 0 Å². The molecule has 0 aromatic carbocycles. The van der Waals surface area contributed by atoms with Crippen LogP contribution >= 0.6 is 0 Å². The second-order valence-corrected chi connectivity index (χ2v) is 16.8. The first-order valence-corrected chi connectivity index (χ1v) is 17.1. The number of aliphatic hydroxyl groups excluding tert-OH is 3. The summed E-state index contributed by atoms with van der Waals surface area (Å²) in [6, 6.07) is 0. The minimum Gasteiger partial charge on any atom is -0.462 e. The molecule has 11 nitrogen and oxygen atoms in total. The van der Waals surface area contributed by atoms with Crippen molar-refractivity contribution in [2.24, 2.45) is 63.6 Å². The number of Topliss-reactive ketones (excluding diaryl/α,β-unsaturated/α-hetero) is 1. The molecule has 0 aromatic heterocycles. The molecule has 7 rings (SSSR count). The van der Waals surface area contributed by atoms with Crippen LogP contribution in [0.2, 0.25) is 0 Å². The first-order valence-electron chi connectivity index (χ1n) is 17.1. The van der Waals surface area contributed by atoms with Gasteiger partial charge >= 0.3 is 11.9 Å². The molecule has 3 unspecified atom stereocenters. The minimum atomic E-state index is -1.95. The average Bonchev–Trinajstić information content (AvgIpc) is 3.64. The van der Waals surface area contributed by atoms with E-state index in [9.17, 15) is 34.8 Å². The molecular weight excluding hydrogens is 596 g/mol. The van der Waals surface area contributed by atoms with Gasteiger partial charge in [0.1, 0.15) is 24.1 Å². The molecule has 46 heavy (non-hydrogen) atoms. The third-order valence-electron chi connectivity index (χ3n) is 14.2. The van der Waals surface area contributed by atoms with E-state index in [2.05, 4.69) is 0 Å². The molecule has 0 aromatic rings. The number of allylic oxidation sites excluding steroid dienone is 1. The Kier molecular flexibility index (Phi) is 7.15. The third kappa shape index (κ3) is 3.90. The Bertz CT molecular complexity index is 1370. The third-order valence-corrected chi connectivity index (χ3v) is 14.2. The Morgan fingerprint density at radius 1 is 1.07 bits per heavy atom. The Balaban J connectivity index is 1.38. The highest BCUT2D eigenvalue weighted by Crippen LogP contribution is 2.75. The maximum Gasteiger partial charge on any atom is 0.343 e. The van der Waals surface area contributed by atoms with Gasteiger partial charge in [-0.1, -0.05) is 34.6 Å². The van der Waals surface area contributed by atoms with Crippen molar-refractivity contribution in [3.8, 4) is 0 Å². The molecule has 6 fully saturated rings. The van der Waals surface area contributed by atoms with E-state index >= 15 is 0 Å². The fourth-order valence-electron chi connectivity index (χ4n) is 12.0. The lowest BCUT2D eigenvalue weighted by Crippen LogP contribution is -2.70. The molecule has 18 atom stereocenters. The predicted octanol–water partition coefficient (Wildman–Crippen LogP) is 2.12. The average molecular weight is 647 g/mol. The Morgan fingerprint density at radius 3 is 2.37 bits per heavy atom. The van der Waals surface area contributed by atoms with Crippen LogP contribution in [0.5, 0.6) is 0 Å². The topological polar surface area (TPSA) is 172 Å². The molecule has 2 saturated heterocycles. The van der Waals surface area contributed by atoms with Crippen molar-refractivity contribution in [2.45, 2.75) is 123 Å². The predicted molar refractivity (Wildman–Crippen MR) is 160 cm³/mol. The van der Waals surface area contributed by atoms with Crippen molar-refractivity contribution >= 4 is 17.7 Å². The highest BCUT2D eigenvalue weighted by Gasteiger charge is 2.80. The van der Waals surface area contributed by atoms with Crippen LogP contribution < -0.4 is 0 Å².